The second-order valence-electron chi connectivity index (χ2n) is 11.7. The molecule has 0 atom stereocenters. The van der Waals surface area contributed by atoms with Gasteiger partial charge in [0.25, 0.3) is 0 Å². The summed E-state index contributed by atoms with van der Waals surface area (Å²) in [4.78, 5) is 2.66. The lowest BCUT2D eigenvalue weighted by Gasteiger charge is -2.21. The fraction of sp³-hybridized carbons (Fsp3) is 0. The normalized spacial score (nSPS) is 12.5. The van der Waals surface area contributed by atoms with Crippen molar-refractivity contribution in [3.8, 4) is 27.9 Å². The van der Waals surface area contributed by atoms with E-state index in [0.717, 1.165) is 0 Å². The van der Waals surface area contributed by atoms with Crippen molar-refractivity contribution in [3.05, 3.63) is 152 Å². The molecule has 9 aromatic rings. The van der Waals surface area contributed by atoms with Crippen molar-refractivity contribution in [3.63, 3.8) is 0 Å². The molecule has 0 saturated heterocycles. The highest BCUT2D eigenvalue weighted by Gasteiger charge is 2.20. The van der Waals surface area contributed by atoms with Gasteiger partial charge in [0.2, 0.25) is 0 Å². The highest BCUT2D eigenvalue weighted by atomic mass is 32.2. The molecule has 2 heterocycles. The topological polar surface area (TPSA) is 4.93 Å². The summed E-state index contributed by atoms with van der Waals surface area (Å²) in [5.74, 6) is 0. The molecule has 0 fully saturated rings. The first-order valence-corrected chi connectivity index (χ1v) is 15.9. The molecule has 0 unspecified atom stereocenters. The van der Waals surface area contributed by atoms with Gasteiger partial charge in [0, 0.05) is 42.4 Å². The van der Waals surface area contributed by atoms with Crippen LogP contribution in [0.5, 0.6) is 0 Å². The standard InChI is InChI=1S/C42H25NS/c1-3-11-32-27(7-1)17-22-35-36-23-18-28-8-2-4-12-33(28)42(36)43(41(32)35)31-20-15-26(16-21-31)30-19-24-38-37(25-30)34-13-5-9-29-10-6-14-39(44-38)40(29)34/h1-25H. The minimum Gasteiger partial charge on any atom is -0.308 e. The van der Waals surface area contributed by atoms with Gasteiger partial charge >= 0.3 is 0 Å². The van der Waals surface area contributed by atoms with E-state index >= 15 is 0 Å². The van der Waals surface area contributed by atoms with E-state index in [1.807, 2.05) is 11.8 Å². The first kappa shape index (κ1) is 24.2. The maximum Gasteiger partial charge on any atom is 0.0619 e. The van der Waals surface area contributed by atoms with Crippen LogP contribution in [0.25, 0.3) is 82.1 Å². The number of nitrogens with zero attached hydrogens (tertiary/aromatic N) is 1. The summed E-state index contributed by atoms with van der Waals surface area (Å²) in [6.45, 7) is 0. The Morgan fingerprint density at radius 3 is 1.70 bits per heavy atom. The molecule has 1 aliphatic rings. The highest BCUT2D eigenvalue weighted by Crippen LogP contribution is 2.49. The van der Waals surface area contributed by atoms with E-state index in [1.54, 1.807) is 0 Å². The van der Waals surface area contributed by atoms with Gasteiger partial charge in [-0.15, -0.1) is 0 Å². The van der Waals surface area contributed by atoms with Gasteiger partial charge < -0.3 is 4.57 Å². The van der Waals surface area contributed by atoms with E-state index < -0.39 is 0 Å². The molecule has 44 heavy (non-hydrogen) atoms. The van der Waals surface area contributed by atoms with E-state index in [0.29, 0.717) is 0 Å². The Morgan fingerprint density at radius 2 is 1.00 bits per heavy atom. The molecule has 0 amide bonds. The average molecular weight is 576 g/mol. The van der Waals surface area contributed by atoms with E-state index in [-0.39, 0.29) is 0 Å². The molecular formula is C42H25NS. The third-order valence-electron chi connectivity index (χ3n) is 9.35. The zero-order valence-electron chi connectivity index (χ0n) is 23.8. The predicted molar refractivity (Wildman–Crippen MR) is 188 cm³/mol. The van der Waals surface area contributed by atoms with Gasteiger partial charge in [-0.2, -0.15) is 0 Å². The third-order valence-corrected chi connectivity index (χ3v) is 10.5. The van der Waals surface area contributed by atoms with Crippen LogP contribution in [-0.2, 0) is 0 Å². The van der Waals surface area contributed by atoms with Crippen LogP contribution in [0.15, 0.2) is 161 Å². The largest absolute Gasteiger partial charge is 0.308 e. The lowest BCUT2D eigenvalue weighted by Crippen LogP contribution is -1.96. The quantitative estimate of drug-likeness (QED) is 0.198. The third kappa shape index (κ3) is 3.37. The summed E-state index contributed by atoms with van der Waals surface area (Å²) in [7, 11) is 0. The van der Waals surface area contributed by atoms with Gasteiger partial charge in [-0.1, -0.05) is 133 Å². The summed E-state index contributed by atoms with van der Waals surface area (Å²) in [6, 6.07) is 56.0. The summed E-state index contributed by atoms with van der Waals surface area (Å²) in [5.41, 5.74) is 8.82. The molecule has 0 saturated carbocycles. The van der Waals surface area contributed by atoms with Crippen molar-refractivity contribution in [1.29, 1.82) is 0 Å². The second kappa shape index (κ2) is 9.09. The molecule has 0 N–H and O–H groups in total. The van der Waals surface area contributed by atoms with E-state index in [1.165, 1.54) is 91.9 Å². The molecule has 8 aromatic carbocycles. The van der Waals surface area contributed by atoms with Crippen LogP contribution in [0.3, 0.4) is 0 Å². The van der Waals surface area contributed by atoms with E-state index in [4.69, 9.17) is 0 Å². The average Bonchev–Trinajstić information content (AvgIpc) is 3.44. The van der Waals surface area contributed by atoms with Crippen molar-refractivity contribution in [1.82, 2.24) is 4.57 Å². The number of aromatic nitrogens is 1. The van der Waals surface area contributed by atoms with Crippen molar-refractivity contribution in [2.75, 3.05) is 0 Å². The number of fused-ring (bicyclic) bond motifs is 9. The number of rotatable bonds is 2. The predicted octanol–water partition coefficient (Wildman–Crippen LogP) is 12.0. The van der Waals surface area contributed by atoms with Crippen molar-refractivity contribution in [2.45, 2.75) is 9.79 Å². The molecule has 10 rings (SSSR count). The van der Waals surface area contributed by atoms with Crippen LogP contribution in [0.1, 0.15) is 0 Å². The van der Waals surface area contributed by atoms with Gasteiger partial charge in [-0.25, -0.2) is 0 Å². The lowest BCUT2D eigenvalue weighted by atomic mass is 9.94. The second-order valence-corrected chi connectivity index (χ2v) is 12.8. The van der Waals surface area contributed by atoms with Gasteiger partial charge in [-0.05, 0) is 68.7 Å². The molecule has 0 spiro atoms. The fourth-order valence-electron chi connectivity index (χ4n) is 7.34. The van der Waals surface area contributed by atoms with Gasteiger partial charge in [0.1, 0.15) is 0 Å². The molecule has 0 aliphatic carbocycles. The fourth-order valence-corrected chi connectivity index (χ4v) is 8.47. The van der Waals surface area contributed by atoms with Crippen LogP contribution in [0.4, 0.5) is 0 Å². The Labute approximate surface area is 259 Å². The Balaban J connectivity index is 1.18. The Kier molecular flexibility index (Phi) is 5.00. The maximum absolute atomic E-state index is 2.49. The first-order chi connectivity index (χ1) is 21.8. The SMILES string of the molecule is c1cc2c3c(cccc3c1)-c1cc(-c3ccc(-n4c5c6ccccc6ccc5c5ccc6ccccc6c54)cc3)ccc1S2. The van der Waals surface area contributed by atoms with Crippen molar-refractivity contribution >= 4 is 65.9 Å². The molecule has 1 aromatic heterocycles. The van der Waals surface area contributed by atoms with Gasteiger partial charge in [0.05, 0.1) is 11.0 Å². The van der Waals surface area contributed by atoms with Crippen LogP contribution < -0.4 is 0 Å². The minimum atomic E-state index is 1.17. The van der Waals surface area contributed by atoms with Crippen LogP contribution in [0, 0.1) is 0 Å². The maximum atomic E-state index is 2.49. The summed E-state index contributed by atoms with van der Waals surface area (Å²) in [6.07, 6.45) is 0. The monoisotopic (exact) mass is 575 g/mol. The molecule has 204 valence electrons. The zero-order valence-corrected chi connectivity index (χ0v) is 24.6. The molecule has 2 heteroatoms. The Bertz CT molecular complexity index is 2530. The van der Waals surface area contributed by atoms with Crippen molar-refractivity contribution < 1.29 is 0 Å². The van der Waals surface area contributed by atoms with E-state index in [2.05, 4.69) is 156 Å². The van der Waals surface area contributed by atoms with Gasteiger partial charge in [-0.3, -0.25) is 0 Å². The van der Waals surface area contributed by atoms with Gasteiger partial charge in [0.15, 0.2) is 0 Å². The lowest BCUT2D eigenvalue weighted by molar-refractivity contribution is 1.19. The molecule has 1 nitrogen and oxygen atoms in total. The van der Waals surface area contributed by atoms with Crippen LogP contribution in [-0.4, -0.2) is 4.57 Å². The summed E-state index contributed by atoms with van der Waals surface area (Å²) < 4.78 is 2.49. The number of hydrogen-bond donors (Lipinski definition) is 0. The zero-order chi connectivity index (χ0) is 28.8. The molecule has 0 bridgehead atoms. The number of hydrogen-bond acceptors (Lipinski definition) is 1. The Hall–Kier alpha value is -5.31. The Morgan fingerprint density at radius 1 is 0.386 bits per heavy atom. The highest BCUT2D eigenvalue weighted by molar-refractivity contribution is 7.99. The smallest absolute Gasteiger partial charge is 0.0619 e. The molecule has 0 radical (unpaired) electrons. The summed E-state index contributed by atoms with van der Waals surface area (Å²) >= 11 is 1.88. The van der Waals surface area contributed by atoms with Crippen LogP contribution in [0.2, 0.25) is 0 Å². The number of benzene rings is 8. The van der Waals surface area contributed by atoms with Crippen LogP contribution >= 0.6 is 11.8 Å². The molecule has 1 aliphatic heterocycles. The van der Waals surface area contributed by atoms with E-state index in [9.17, 15) is 0 Å². The first-order valence-electron chi connectivity index (χ1n) is 15.1. The minimum absolute atomic E-state index is 1.17. The summed E-state index contributed by atoms with van der Waals surface area (Å²) in [5, 5.41) is 10.3. The van der Waals surface area contributed by atoms with Crippen molar-refractivity contribution in [2.24, 2.45) is 0 Å². The molecular weight excluding hydrogens is 551 g/mol.